The van der Waals surface area contributed by atoms with Crippen molar-refractivity contribution in [2.24, 2.45) is 0 Å². The van der Waals surface area contributed by atoms with Crippen LogP contribution >= 0.6 is 0 Å². The molecule has 2 aromatic carbocycles. The number of amides is 1. The lowest BCUT2D eigenvalue weighted by molar-refractivity contribution is -0.118. The van der Waals surface area contributed by atoms with Gasteiger partial charge in [0.15, 0.2) is 18.1 Å². The number of hydrogen-bond acceptors (Lipinski definition) is 5. The first-order valence-electron chi connectivity index (χ1n) is 8.69. The lowest BCUT2D eigenvalue weighted by Crippen LogP contribution is -2.22. The summed E-state index contributed by atoms with van der Waals surface area (Å²) in [4.78, 5) is 23.2. The molecule has 1 aromatic heterocycles. The fraction of sp³-hybridized carbons (Fsp3) is 0.190. The molecule has 0 unspecified atom stereocenters. The van der Waals surface area contributed by atoms with E-state index < -0.39 is 0 Å². The van der Waals surface area contributed by atoms with Gasteiger partial charge in [0, 0.05) is 11.6 Å². The second-order valence-electron chi connectivity index (χ2n) is 6.28. The van der Waals surface area contributed by atoms with E-state index >= 15 is 0 Å². The second-order valence-corrected chi connectivity index (χ2v) is 6.28. The van der Waals surface area contributed by atoms with Gasteiger partial charge in [-0.2, -0.15) is 5.10 Å². The topological polar surface area (TPSA) is 82.4 Å². The van der Waals surface area contributed by atoms with Gasteiger partial charge in [0.05, 0.1) is 18.5 Å². The number of aryl methyl sites for hydroxylation is 2. The summed E-state index contributed by atoms with van der Waals surface area (Å²) in [5, 5.41) is 7.25. The van der Waals surface area contributed by atoms with Gasteiger partial charge in [-0.25, -0.2) is 4.68 Å². The quantitative estimate of drug-likeness (QED) is 0.637. The van der Waals surface area contributed by atoms with Gasteiger partial charge in [0.1, 0.15) is 12.1 Å². The summed E-state index contributed by atoms with van der Waals surface area (Å²) in [5.41, 5.74) is 3.23. The number of hydrogen-bond donors (Lipinski definition) is 1. The van der Waals surface area contributed by atoms with Gasteiger partial charge in [-0.15, -0.1) is 0 Å². The molecule has 0 radical (unpaired) electrons. The van der Waals surface area contributed by atoms with E-state index in [9.17, 15) is 9.59 Å². The van der Waals surface area contributed by atoms with Crippen LogP contribution in [0.15, 0.2) is 48.5 Å². The fourth-order valence-corrected chi connectivity index (χ4v) is 2.67. The molecule has 3 aromatic rings. The molecule has 1 heterocycles. The number of carbonyl (C=O) groups is 2. The molecule has 144 valence electrons. The van der Waals surface area contributed by atoms with E-state index in [0.29, 0.717) is 29.2 Å². The Morgan fingerprint density at radius 1 is 1.11 bits per heavy atom. The molecule has 0 spiro atoms. The van der Waals surface area contributed by atoms with Gasteiger partial charge in [-0.3, -0.25) is 9.59 Å². The number of nitrogens with zero attached hydrogens (tertiary/aromatic N) is 2. The predicted molar refractivity (Wildman–Crippen MR) is 106 cm³/mol. The summed E-state index contributed by atoms with van der Waals surface area (Å²) in [5.74, 6) is 0.984. The van der Waals surface area contributed by atoms with Gasteiger partial charge in [0.2, 0.25) is 0 Å². The Morgan fingerprint density at radius 2 is 1.86 bits per heavy atom. The van der Waals surface area contributed by atoms with Crippen molar-refractivity contribution in [2.45, 2.75) is 13.8 Å². The van der Waals surface area contributed by atoms with E-state index in [-0.39, 0.29) is 12.5 Å². The average Bonchev–Trinajstić information content (AvgIpc) is 3.06. The molecule has 1 amide bonds. The number of aromatic nitrogens is 2. The van der Waals surface area contributed by atoms with Crippen LogP contribution in [0.1, 0.15) is 21.6 Å². The van der Waals surface area contributed by atoms with Gasteiger partial charge in [-0.1, -0.05) is 17.7 Å². The normalized spacial score (nSPS) is 10.4. The Bertz CT molecular complexity index is 993. The largest absolute Gasteiger partial charge is 0.493 e. The Morgan fingerprint density at radius 3 is 2.54 bits per heavy atom. The van der Waals surface area contributed by atoms with Crippen molar-refractivity contribution >= 4 is 18.0 Å². The van der Waals surface area contributed by atoms with E-state index in [4.69, 9.17) is 9.47 Å². The first kappa shape index (κ1) is 19.2. The molecule has 7 nitrogen and oxygen atoms in total. The first-order valence-corrected chi connectivity index (χ1v) is 8.69. The van der Waals surface area contributed by atoms with Crippen LogP contribution in [0.4, 0.5) is 5.82 Å². The fourth-order valence-electron chi connectivity index (χ4n) is 2.67. The number of rotatable bonds is 7. The van der Waals surface area contributed by atoms with Crippen LogP contribution in [-0.2, 0) is 4.79 Å². The maximum Gasteiger partial charge on any atom is 0.263 e. The highest BCUT2D eigenvalue weighted by Crippen LogP contribution is 2.27. The molecule has 0 aliphatic heterocycles. The first-order chi connectivity index (χ1) is 13.5. The zero-order valence-electron chi connectivity index (χ0n) is 15.9. The third kappa shape index (κ3) is 4.37. The third-order valence-corrected chi connectivity index (χ3v) is 4.06. The summed E-state index contributed by atoms with van der Waals surface area (Å²) in [6.07, 6.45) is 0.716. The standard InChI is InChI=1S/C21H21N3O4/c1-14-4-7-17(8-5-14)24-20(10-15(2)23-24)22-21(26)13-28-18-9-6-16(12-25)11-19(18)27-3/h4-12H,13H2,1-3H3,(H,22,26). The maximum atomic E-state index is 12.4. The van der Waals surface area contributed by atoms with E-state index in [0.717, 1.165) is 16.9 Å². The summed E-state index contributed by atoms with van der Waals surface area (Å²) < 4.78 is 12.4. The predicted octanol–water partition coefficient (Wildman–Crippen LogP) is 3.33. The highest BCUT2D eigenvalue weighted by atomic mass is 16.5. The SMILES string of the molecule is COc1cc(C=O)ccc1OCC(=O)Nc1cc(C)nn1-c1ccc(C)cc1. The number of benzene rings is 2. The summed E-state index contributed by atoms with van der Waals surface area (Å²) in [6.45, 7) is 3.65. The highest BCUT2D eigenvalue weighted by Gasteiger charge is 2.13. The molecule has 0 fully saturated rings. The molecule has 0 bridgehead atoms. The van der Waals surface area contributed by atoms with Crippen molar-refractivity contribution in [2.75, 3.05) is 19.0 Å². The molecule has 3 rings (SSSR count). The van der Waals surface area contributed by atoms with Crippen molar-refractivity contribution < 1.29 is 19.1 Å². The number of aldehydes is 1. The number of anilines is 1. The molecular formula is C21H21N3O4. The second kappa shape index (κ2) is 8.39. The average molecular weight is 379 g/mol. The Balaban J connectivity index is 1.71. The minimum Gasteiger partial charge on any atom is -0.493 e. The molecular weight excluding hydrogens is 358 g/mol. The van der Waals surface area contributed by atoms with Crippen molar-refractivity contribution in [3.8, 4) is 17.2 Å². The van der Waals surface area contributed by atoms with Crippen LogP contribution in [-0.4, -0.2) is 35.7 Å². The molecule has 0 atom stereocenters. The van der Waals surface area contributed by atoms with Gasteiger partial charge in [-0.05, 0) is 44.2 Å². The van der Waals surface area contributed by atoms with Gasteiger partial charge >= 0.3 is 0 Å². The molecule has 0 saturated carbocycles. The summed E-state index contributed by atoms with van der Waals surface area (Å²) >= 11 is 0. The molecule has 0 aliphatic carbocycles. The van der Waals surface area contributed by atoms with Crippen LogP contribution in [0.3, 0.4) is 0 Å². The zero-order chi connectivity index (χ0) is 20.1. The van der Waals surface area contributed by atoms with Crippen molar-refractivity contribution in [1.29, 1.82) is 0 Å². The molecule has 0 aliphatic rings. The Hall–Kier alpha value is -3.61. The molecule has 0 saturated heterocycles. The van der Waals surface area contributed by atoms with Crippen molar-refractivity contribution in [1.82, 2.24) is 9.78 Å². The minimum atomic E-state index is -0.338. The van der Waals surface area contributed by atoms with Gasteiger partial charge in [0.25, 0.3) is 5.91 Å². The van der Waals surface area contributed by atoms with Crippen LogP contribution in [0.5, 0.6) is 11.5 Å². The van der Waals surface area contributed by atoms with Crippen LogP contribution in [0.25, 0.3) is 5.69 Å². The summed E-state index contributed by atoms with van der Waals surface area (Å²) in [6, 6.07) is 14.4. The van der Waals surface area contributed by atoms with Crippen LogP contribution in [0, 0.1) is 13.8 Å². The van der Waals surface area contributed by atoms with Crippen molar-refractivity contribution in [3.05, 3.63) is 65.4 Å². The number of ether oxygens (including phenoxy) is 2. The lowest BCUT2D eigenvalue weighted by atomic mass is 10.2. The van der Waals surface area contributed by atoms with Crippen LogP contribution < -0.4 is 14.8 Å². The van der Waals surface area contributed by atoms with E-state index in [1.54, 1.807) is 28.9 Å². The van der Waals surface area contributed by atoms with E-state index in [1.165, 1.54) is 7.11 Å². The Kier molecular flexibility index (Phi) is 5.74. The number of methoxy groups -OCH3 is 1. The monoisotopic (exact) mass is 379 g/mol. The zero-order valence-corrected chi connectivity index (χ0v) is 15.9. The number of carbonyl (C=O) groups excluding carboxylic acids is 2. The van der Waals surface area contributed by atoms with Crippen molar-refractivity contribution in [3.63, 3.8) is 0 Å². The maximum absolute atomic E-state index is 12.4. The van der Waals surface area contributed by atoms with E-state index in [1.807, 2.05) is 38.1 Å². The highest BCUT2D eigenvalue weighted by molar-refractivity contribution is 5.91. The Labute approximate surface area is 162 Å². The van der Waals surface area contributed by atoms with E-state index in [2.05, 4.69) is 10.4 Å². The molecule has 28 heavy (non-hydrogen) atoms. The minimum absolute atomic E-state index is 0.213. The lowest BCUT2D eigenvalue weighted by Gasteiger charge is -2.12. The molecule has 1 N–H and O–H groups in total. The smallest absolute Gasteiger partial charge is 0.263 e. The summed E-state index contributed by atoms with van der Waals surface area (Å²) in [7, 11) is 1.47. The number of nitrogens with one attached hydrogen (secondary N) is 1. The third-order valence-electron chi connectivity index (χ3n) is 4.06. The van der Waals surface area contributed by atoms with Gasteiger partial charge < -0.3 is 14.8 Å². The van der Waals surface area contributed by atoms with Crippen LogP contribution in [0.2, 0.25) is 0 Å². The molecule has 7 heteroatoms.